The van der Waals surface area contributed by atoms with Crippen LogP contribution in [-0.4, -0.2) is 17.0 Å². The van der Waals surface area contributed by atoms with Crippen LogP contribution in [0.1, 0.15) is 13.3 Å². The van der Waals surface area contributed by atoms with E-state index >= 15 is 0 Å². The molecule has 0 fully saturated rings. The van der Waals surface area contributed by atoms with Gasteiger partial charge in [-0.3, -0.25) is 8.75 Å². The Bertz CT molecular complexity index is 515. The van der Waals surface area contributed by atoms with Crippen LogP contribution in [0.15, 0.2) is 29.1 Å². The Morgan fingerprint density at radius 3 is 2.94 bits per heavy atom. The van der Waals surface area contributed by atoms with E-state index in [0.29, 0.717) is 0 Å². The Balaban J connectivity index is 2.13. The standard InChI is InChI=1S/C12H16N2OS/c1-2-13-8-5-9-14-12(15)10-6-3-4-7-11(10)16-14/h3-4,6-7,13H,2,5,8-9H2,1H3. The molecule has 0 saturated carbocycles. The van der Waals surface area contributed by atoms with E-state index in [9.17, 15) is 4.79 Å². The fraction of sp³-hybridized carbons (Fsp3) is 0.417. The molecule has 1 heterocycles. The third kappa shape index (κ3) is 2.33. The van der Waals surface area contributed by atoms with Gasteiger partial charge in [-0.25, -0.2) is 0 Å². The molecule has 0 radical (unpaired) electrons. The highest BCUT2D eigenvalue weighted by atomic mass is 32.1. The van der Waals surface area contributed by atoms with Gasteiger partial charge in [0.25, 0.3) is 5.56 Å². The summed E-state index contributed by atoms with van der Waals surface area (Å²) in [7, 11) is 0. The zero-order valence-electron chi connectivity index (χ0n) is 9.40. The second-order valence-electron chi connectivity index (χ2n) is 3.70. The molecule has 0 amide bonds. The number of aromatic nitrogens is 1. The van der Waals surface area contributed by atoms with Crippen molar-refractivity contribution in [2.45, 2.75) is 19.9 Å². The van der Waals surface area contributed by atoms with Gasteiger partial charge in [0.05, 0.1) is 10.1 Å². The molecule has 0 bridgehead atoms. The molecule has 0 unspecified atom stereocenters. The topological polar surface area (TPSA) is 34.0 Å². The first kappa shape index (κ1) is 11.4. The summed E-state index contributed by atoms with van der Waals surface area (Å²) in [5, 5.41) is 4.10. The summed E-state index contributed by atoms with van der Waals surface area (Å²) in [5.41, 5.74) is 0.150. The first-order valence-corrected chi connectivity index (χ1v) is 6.40. The Morgan fingerprint density at radius 2 is 2.19 bits per heavy atom. The number of hydrogen-bond acceptors (Lipinski definition) is 3. The highest BCUT2D eigenvalue weighted by molar-refractivity contribution is 7.13. The highest BCUT2D eigenvalue weighted by Crippen LogP contribution is 2.15. The average Bonchev–Trinajstić information content (AvgIpc) is 2.63. The molecule has 2 aromatic rings. The Labute approximate surface area is 98.9 Å². The summed E-state index contributed by atoms with van der Waals surface area (Å²) >= 11 is 1.56. The van der Waals surface area contributed by atoms with Crippen LogP contribution in [-0.2, 0) is 6.54 Å². The van der Waals surface area contributed by atoms with Crippen LogP contribution in [0.25, 0.3) is 10.1 Å². The van der Waals surface area contributed by atoms with E-state index in [-0.39, 0.29) is 5.56 Å². The van der Waals surface area contributed by atoms with Crippen LogP contribution in [0.3, 0.4) is 0 Å². The summed E-state index contributed by atoms with van der Waals surface area (Å²) in [6.45, 7) is 4.86. The molecule has 1 aromatic carbocycles. The fourth-order valence-electron chi connectivity index (χ4n) is 1.69. The van der Waals surface area contributed by atoms with Crippen molar-refractivity contribution in [3.63, 3.8) is 0 Å². The molecule has 0 aliphatic rings. The third-order valence-electron chi connectivity index (χ3n) is 2.52. The van der Waals surface area contributed by atoms with Crippen molar-refractivity contribution in [1.29, 1.82) is 0 Å². The molecule has 0 atom stereocenters. The Kier molecular flexibility index (Phi) is 3.74. The molecule has 3 nitrogen and oxygen atoms in total. The Morgan fingerprint density at radius 1 is 1.38 bits per heavy atom. The lowest BCUT2D eigenvalue weighted by molar-refractivity contribution is 0.609. The maximum absolute atomic E-state index is 11.9. The predicted octanol–water partition coefficient (Wildman–Crippen LogP) is 2.06. The zero-order valence-corrected chi connectivity index (χ0v) is 10.2. The number of rotatable bonds is 5. The minimum absolute atomic E-state index is 0.150. The van der Waals surface area contributed by atoms with Crippen LogP contribution in [0.5, 0.6) is 0 Å². The number of fused-ring (bicyclic) bond motifs is 1. The molecule has 0 spiro atoms. The van der Waals surface area contributed by atoms with Crippen molar-refractivity contribution in [3.8, 4) is 0 Å². The van der Waals surface area contributed by atoms with Gasteiger partial charge >= 0.3 is 0 Å². The smallest absolute Gasteiger partial charge is 0.268 e. The molecular weight excluding hydrogens is 220 g/mol. The third-order valence-corrected chi connectivity index (χ3v) is 3.64. The number of nitrogens with one attached hydrogen (secondary N) is 1. The quantitative estimate of drug-likeness (QED) is 0.806. The van der Waals surface area contributed by atoms with Crippen LogP contribution in [0.4, 0.5) is 0 Å². The minimum Gasteiger partial charge on any atom is -0.317 e. The molecule has 0 aliphatic carbocycles. The zero-order chi connectivity index (χ0) is 11.4. The van der Waals surface area contributed by atoms with Crippen LogP contribution < -0.4 is 10.9 Å². The van der Waals surface area contributed by atoms with Gasteiger partial charge in [0.15, 0.2) is 0 Å². The van der Waals surface area contributed by atoms with Crippen LogP contribution in [0.2, 0.25) is 0 Å². The van der Waals surface area contributed by atoms with Crippen molar-refractivity contribution in [2.24, 2.45) is 0 Å². The molecule has 4 heteroatoms. The first-order chi connectivity index (χ1) is 7.83. The van der Waals surface area contributed by atoms with Gasteiger partial charge in [-0.2, -0.15) is 0 Å². The van der Waals surface area contributed by atoms with Crippen LogP contribution >= 0.6 is 11.5 Å². The number of hydrogen-bond donors (Lipinski definition) is 1. The molecule has 0 aliphatic heterocycles. The maximum atomic E-state index is 11.9. The van der Waals surface area contributed by atoms with Crippen molar-refractivity contribution in [3.05, 3.63) is 34.6 Å². The van der Waals surface area contributed by atoms with E-state index in [1.807, 2.05) is 28.2 Å². The van der Waals surface area contributed by atoms with Gasteiger partial charge in [0, 0.05) is 6.54 Å². The van der Waals surface area contributed by atoms with Crippen molar-refractivity contribution < 1.29 is 0 Å². The summed E-state index contributed by atoms with van der Waals surface area (Å²) in [6.07, 6.45) is 1.00. The molecule has 1 N–H and O–H groups in total. The highest BCUT2D eigenvalue weighted by Gasteiger charge is 2.05. The van der Waals surface area contributed by atoms with Gasteiger partial charge in [0.2, 0.25) is 0 Å². The number of nitrogens with zero attached hydrogens (tertiary/aromatic N) is 1. The van der Waals surface area contributed by atoms with E-state index in [1.54, 1.807) is 11.5 Å². The van der Waals surface area contributed by atoms with Gasteiger partial charge in [-0.05, 0) is 31.6 Å². The molecule has 0 saturated heterocycles. The summed E-state index contributed by atoms with van der Waals surface area (Å²) in [4.78, 5) is 11.9. The van der Waals surface area contributed by atoms with Crippen molar-refractivity contribution >= 4 is 21.6 Å². The van der Waals surface area contributed by atoms with E-state index < -0.39 is 0 Å². The molecule has 2 rings (SSSR count). The summed E-state index contributed by atoms with van der Waals surface area (Å²) < 4.78 is 2.93. The first-order valence-electron chi connectivity index (χ1n) is 5.62. The fourth-order valence-corrected chi connectivity index (χ4v) is 2.72. The molecule has 16 heavy (non-hydrogen) atoms. The molecule has 86 valence electrons. The SMILES string of the molecule is CCNCCCn1sc2ccccc2c1=O. The second-order valence-corrected chi connectivity index (χ2v) is 4.76. The molecular formula is C12H16N2OS. The lowest BCUT2D eigenvalue weighted by atomic mass is 10.3. The normalized spacial score (nSPS) is 11.1. The van der Waals surface area contributed by atoms with Gasteiger partial charge < -0.3 is 5.32 Å². The summed E-state index contributed by atoms with van der Waals surface area (Å²) in [6, 6.07) is 7.79. The second kappa shape index (κ2) is 5.27. The minimum atomic E-state index is 0.150. The largest absolute Gasteiger partial charge is 0.317 e. The molecule has 1 aromatic heterocycles. The predicted molar refractivity (Wildman–Crippen MR) is 69.2 cm³/mol. The Hall–Kier alpha value is -1.13. The van der Waals surface area contributed by atoms with Crippen molar-refractivity contribution in [1.82, 2.24) is 9.27 Å². The number of benzene rings is 1. The lowest BCUT2D eigenvalue weighted by Gasteiger charge is -2.00. The van der Waals surface area contributed by atoms with E-state index in [4.69, 9.17) is 0 Å². The van der Waals surface area contributed by atoms with Crippen LogP contribution in [0, 0.1) is 0 Å². The monoisotopic (exact) mass is 236 g/mol. The van der Waals surface area contributed by atoms with E-state index in [0.717, 1.165) is 36.1 Å². The van der Waals surface area contributed by atoms with Gasteiger partial charge in [-0.1, -0.05) is 30.6 Å². The van der Waals surface area contributed by atoms with Crippen molar-refractivity contribution in [2.75, 3.05) is 13.1 Å². The maximum Gasteiger partial charge on any atom is 0.268 e. The number of aryl methyl sites for hydroxylation is 1. The van der Waals surface area contributed by atoms with E-state index in [1.165, 1.54) is 0 Å². The van der Waals surface area contributed by atoms with E-state index in [2.05, 4.69) is 12.2 Å². The summed E-state index contributed by atoms with van der Waals surface area (Å²) in [5.74, 6) is 0. The lowest BCUT2D eigenvalue weighted by Crippen LogP contribution is -2.19. The van der Waals surface area contributed by atoms with Gasteiger partial charge in [0.1, 0.15) is 0 Å². The average molecular weight is 236 g/mol. The van der Waals surface area contributed by atoms with Gasteiger partial charge in [-0.15, -0.1) is 0 Å².